The summed E-state index contributed by atoms with van der Waals surface area (Å²) in [5.74, 6) is -17.1. The minimum Gasteiger partial charge on any atom is -0.288 e. The highest BCUT2D eigenvalue weighted by Gasteiger charge is 2.31. The van der Waals surface area contributed by atoms with Crippen molar-refractivity contribution in [2.75, 3.05) is 0 Å². The molecule has 2 aromatic carbocycles. The van der Waals surface area contributed by atoms with Crippen molar-refractivity contribution >= 4 is 5.78 Å². The van der Waals surface area contributed by atoms with Crippen molar-refractivity contribution in [2.45, 2.75) is 0 Å². The lowest BCUT2D eigenvalue weighted by atomic mass is 10.0. The summed E-state index contributed by atoms with van der Waals surface area (Å²) in [7, 11) is 0. The Morgan fingerprint density at radius 2 is 1.14 bits per heavy atom. The van der Waals surface area contributed by atoms with Gasteiger partial charge in [0.2, 0.25) is 11.6 Å². The molecule has 0 radical (unpaired) electrons. The van der Waals surface area contributed by atoms with Crippen LogP contribution in [-0.4, -0.2) is 5.78 Å². The van der Waals surface area contributed by atoms with Gasteiger partial charge in [0.1, 0.15) is 5.56 Å². The van der Waals surface area contributed by atoms with Crippen LogP contribution in [0.2, 0.25) is 0 Å². The van der Waals surface area contributed by atoms with Crippen LogP contribution in [0.15, 0.2) is 18.2 Å². The van der Waals surface area contributed by atoms with Gasteiger partial charge in [-0.05, 0) is 12.1 Å². The van der Waals surface area contributed by atoms with Crippen LogP contribution in [0.4, 0.5) is 30.7 Å². The normalized spacial score (nSPS) is 10.8. The summed E-state index contributed by atoms with van der Waals surface area (Å²) in [6, 6.07) is 2.11. The Kier molecular flexibility index (Phi) is 3.71. The van der Waals surface area contributed by atoms with E-state index in [1.165, 1.54) is 0 Å². The van der Waals surface area contributed by atoms with Gasteiger partial charge in [0.15, 0.2) is 34.9 Å². The number of ketones is 1. The molecule has 0 heterocycles. The average Bonchev–Trinajstić information content (AvgIpc) is 2.46. The van der Waals surface area contributed by atoms with Crippen LogP contribution in [0.3, 0.4) is 0 Å². The van der Waals surface area contributed by atoms with Crippen molar-refractivity contribution in [1.82, 2.24) is 0 Å². The zero-order valence-corrected chi connectivity index (χ0v) is 9.79. The predicted octanol–water partition coefficient (Wildman–Crippen LogP) is 3.89. The Bertz CT molecular complexity index is 726. The van der Waals surface area contributed by atoms with Crippen LogP contribution in [0.25, 0.3) is 0 Å². The molecule has 0 unspecified atom stereocenters. The van der Waals surface area contributed by atoms with Crippen LogP contribution in [0, 0.1) is 40.7 Å². The zero-order valence-electron chi connectivity index (χ0n) is 9.79. The van der Waals surface area contributed by atoms with Gasteiger partial charge >= 0.3 is 0 Å². The molecule has 0 bridgehead atoms. The van der Waals surface area contributed by atoms with E-state index in [0.29, 0.717) is 12.1 Å². The molecule has 0 aromatic heterocycles. The van der Waals surface area contributed by atoms with Crippen molar-refractivity contribution in [3.63, 3.8) is 0 Å². The predicted molar refractivity (Wildman–Crippen MR) is 56.0 cm³/mol. The molecule has 2 rings (SSSR count). The number of halogens is 7. The highest BCUT2D eigenvalue weighted by atomic mass is 19.2. The van der Waals surface area contributed by atoms with E-state index < -0.39 is 57.6 Å². The molecule has 8 heteroatoms. The highest BCUT2D eigenvalue weighted by molar-refractivity contribution is 6.09. The van der Waals surface area contributed by atoms with Gasteiger partial charge in [0.05, 0.1) is 5.56 Å². The third kappa shape index (κ3) is 2.26. The summed E-state index contributed by atoms with van der Waals surface area (Å²) in [6.07, 6.45) is 0. The van der Waals surface area contributed by atoms with E-state index in [1.54, 1.807) is 0 Å². The maximum Gasteiger partial charge on any atom is 0.202 e. The van der Waals surface area contributed by atoms with Gasteiger partial charge in [0.25, 0.3) is 0 Å². The molecule has 110 valence electrons. The van der Waals surface area contributed by atoms with Gasteiger partial charge in [0, 0.05) is 0 Å². The SMILES string of the molecule is O=C(c1cccc(F)c1F)c1c(F)c(F)c(F)c(F)c1F. The van der Waals surface area contributed by atoms with Crippen LogP contribution in [-0.2, 0) is 0 Å². The van der Waals surface area contributed by atoms with Gasteiger partial charge in [-0.1, -0.05) is 6.07 Å². The number of hydrogen-bond acceptors (Lipinski definition) is 1. The second-order valence-corrected chi connectivity index (χ2v) is 3.88. The quantitative estimate of drug-likeness (QED) is 0.356. The molecular weight excluding hydrogens is 305 g/mol. The summed E-state index contributed by atoms with van der Waals surface area (Å²) in [4.78, 5) is 11.7. The molecule has 0 saturated carbocycles. The van der Waals surface area contributed by atoms with Crippen molar-refractivity contribution in [3.8, 4) is 0 Å². The van der Waals surface area contributed by atoms with E-state index in [0.717, 1.165) is 6.07 Å². The van der Waals surface area contributed by atoms with Crippen LogP contribution in [0.1, 0.15) is 15.9 Å². The molecule has 0 N–H and O–H groups in total. The molecular formula is C13H3F7O. The topological polar surface area (TPSA) is 17.1 Å². The van der Waals surface area contributed by atoms with Gasteiger partial charge in [-0.25, -0.2) is 30.7 Å². The lowest BCUT2D eigenvalue weighted by molar-refractivity contribution is 0.102. The molecule has 1 nitrogen and oxygen atoms in total. The van der Waals surface area contributed by atoms with Crippen molar-refractivity contribution in [1.29, 1.82) is 0 Å². The smallest absolute Gasteiger partial charge is 0.202 e. The monoisotopic (exact) mass is 308 g/mol. The van der Waals surface area contributed by atoms with Crippen molar-refractivity contribution in [3.05, 3.63) is 70.0 Å². The number of carbonyl (C=O) groups excluding carboxylic acids is 1. The number of benzene rings is 2. The first-order valence-corrected chi connectivity index (χ1v) is 5.27. The van der Waals surface area contributed by atoms with Crippen molar-refractivity contribution in [2.24, 2.45) is 0 Å². The maximum absolute atomic E-state index is 13.4. The maximum atomic E-state index is 13.4. The second-order valence-electron chi connectivity index (χ2n) is 3.88. The van der Waals surface area contributed by atoms with Gasteiger partial charge in [-0.3, -0.25) is 4.79 Å². The van der Waals surface area contributed by atoms with E-state index in [2.05, 4.69) is 0 Å². The first kappa shape index (κ1) is 15.0. The summed E-state index contributed by atoms with van der Waals surface area (Å²) >= 11 is 0. The molecule has 0 aliphatic carbocycles. The third-order valence-corrected chi connectivity index (χ3v) is 2.63. The molecule has 0 aliphatic heterocycles. The van der Waals surface area contributed by atoms with E-state index >= 15 is 0 Å². The third-order valence-electron chi connectivity index (χ3n) is 2.63. The van der Waals surface area contributed by atoms with E-state index in [4.69, 9.17) is 0 Å². The Morgan fingerprint density at radius 1 is 0.667 bits per heavy atom. The number of hydrogen-bond donors (Lipinski definition) is 0. The molecule has 21 heavy (non-hydrogen) atoms. The molecule has 0 atom stereocenters. The fraction of sp³-hybridized carbons (Fsp3) is 0. The summed E-state index contributed by atoms with van der Waals surface area (Å²) in [5.41, 5.74) is -3.01. The fourth-order valence-corrected chi connectivity index (χ4v) is 1.62. The second kappa shape index (κ2) is 5.19. The first-order valence-electron chi connectivity index (χ1n) is 5.27. The van der Waals surface area contributed by atoms with E-state index in [1.807, 2.05) is 0 Å². The van der Waals surface area contributed by atoms with Gasteiger partial charge < -0.3 is 0 Å². The van der Waals surface area contributed by atoms with Crippen LogP contribution in [0.5, 0.6) is 0 Å². The zero-order chi connectivity index (χ0) is 15.9. The number of rotatable bonds is 2. The van der Waals surface area contributed by atoms with Crippen molar-refractivity contribution < 1.29 is 35.5 Å². The Balaban J connectivity index is 2.73. The summed E-state index contributed by atoms with van der Waals surface area (Å²) in [6.45, 7) is 0. The average molecular weight is 308 g/mol. The minimum atomic E-state index is -2.46. The van der Waals surface area contributed by atoms with Gasteiger partial charge in [-0.2, -0.15) is 0 Å². The van der Waals surface area contributed by atoms with Gasteiger partial charge in [-0.15, -0.1) is 0 Å². The number of carbonyl (C=O) groups is 1. The summed E-state index contributed by atoms with van der Waals surface area (Å²) in [5, 5.41) is 0. The molecule has 0 amide bonds. The van der Waals surface area contributed by atoms with Crippen LogP contribution < -0.4 is 0 Å². The Morgan fingerprint density at radius 3 is 1.67 bits per heavy atom. The summed E-state index contributed by atoms with van der Waals surface area (Å²) < 4.78 is 92.0. The highest BCUT2D eigenvalue weighted by Crippen LogP contribution is 2.26. The first-order chi connectivity index (χ1) is 9.77. The van der Waals surface area contributed by atoms with E-state index in [-0.39, 0.29) is 0 Å². The molecule has 2 aromatic rings. The van der Waals surface area contributed by atoms with Crippen LogP contribution >= 0.6 is 0 Å². The molecule has 0 spiro atoms. The Labute approximate surface area is 112 Å². The lowest BCUT2D eigenvalue weighted by Crippen LogP contribution is -2.15. The lowest BCUT2D eigenvalue weighted by Gasteiger charge is -2.08. The largest absolute Gasteiger partial charge is 0.288 e. The fourth-order valence-electron chi connectivity index (χ4n) is 1.62. The molecule has 0 aliphatic rings. The Hall–Kier alpha value is -2.38. The standard InChI is InChI=1S/C13H3F7O/c14-5-3-1-2-4(7(5)15)13(21)6-8(16)10(18)12(20)11(19)9(6)17/h1-3H. The molecule has 0 fully saturated rings. The molecule has 0 saturated heterocycles. The van der Waals surface area contributed by atoms with E-state index in [9.17, 15) is 35.5 Å². The minimum absolute atomic E-state index is 0.616.